The lowest BCUT2D eigenvalue weighted by Crippen LogP contribution is -2.33. The maximum atomic E-state index is 12.2. The summed E-state index contributed by atoms with van der Waals surface area (Å²) in [5.41, 5.74) is 0.151. The molecule has 1 saturated carbocycles. The summed E-state index contributed by atoms with van der Waals surface area (Å²) in [6.07, 6.45) is 5.64. The van der Waals surface area contributed by atoms with E-state index < -0.39 is 9.75 Å². The molecule has 1 N–H and O–H groups in total. The van der Waals surface area contributed by atoms with Gasteiger partial charge < -0.3 is 5.32 Å². The number of halogens is 2. The molecule has 0 saturated heterocycles. The molecule has 0 aliphatic heterocycles. The van der Waals surface area contributed by atoms with Crippen LogP contribution in [0.5, 0.6) is 0 Å². The van der Waals surface area contributed by atoms with E-state index >= 15 is 0 Å². The topological polar surface area (TPSA) is 59.8 Å². The molecule has 0 aromatic carbocycles. The first-order valence-electron chi connectivity index (χ1n) is 6.54. The number of pyridine rings is 1. The van der Waals surface area contributed by atoms with Crippen LogP contribution in [0.15, 0.2) is 36.8 Å². The summed E-state index contributed by atoms with van der Waals surface area (Å²) in [5, 5.41) is 7.03. The van der Waals surface area contributed by atoms with E-state index in [1.54, 1.807) is 30.2 Å². The maximum Gasteiger partial charge on any atom is 0.229 e. The number of aromatic nitrogens is 3. The molecule has 1 atom stereocenters. The molecule has 0 unspecified atom stereocenters. The van der Waals surface area contributed by atoms with Gasteiger partial charge in [0.1, 0.15) is 4.33 Å². The standard InChI is InChI=1S/C14H14Cl2N4O/c1-13(9-14(13,15)16)12(21)18-8-10-4-2-5-17-11(10)20-7-3-6-19-20/h2-7H,8-9H2,1H3,(H,18,21)/t13-/m1/s1. The van der Waals surface area contributed by atoms with Gasteiger partial charge in [-0.1, -0.05) is 6.07 Å². The third-order valence-electron chi connectivity index (χ3n) is 3.79. The third kappa shape index (κ3) is 2.51. The van der Waals surface area contributed by atoms with E-state index in [9.17, 15) is 4.79 Å². The number of carbonyl (C=O) groups excluding carboxylic acids is 1. The fourth-order valence-corrected chi connectivity index (χ4v) is 2.89. The van der Waals surface area contributed by atoms with Gasteiger partial charge in [-0.15, -0.1) is 23.2 Å². The lowest BCUT2D eigenvalue weighted by molar-refractivity contribution is -0.125. The molecule has 1 fully saturated rings. The Morgan fingerprint density at radius 2 is 2.19 bits per heavy atom. The van der Waals surface area contributed by atoms with Crippen molar-refractivity contribution in [1.82, 2.24) is 20.1 Å². The summed E-state index contributed by atoms with van der Waals surface area (Å²) in [4.78, 5) is 16.5. The van der Waals surface area contributed by atoms with E-state index in [1.807, 2.05) is 18.2 Å². The lowest BCUT2D eigenvalue weighted by Gasteiger charge is -2.14. The van der Waals surface area contributed by atoms with Crippen LogP contribution in [0.4, 0.5) is 0 Å². The predicted octanol–water partition coefficient (Wildman–Crippen LogP) is 2.47. The molecule has 0 radical (unpaired) electrons. The molecule has 1 aliphatic carbocycles. The van der Waals surface area contributed by atoms with Gasteiger partial charge in [-0.2, -0.15) is 5.10 Å². The van der Waals surface area contributed by atoms with Crippen molar-refractivity contribution < 1.29 is 4.79 Å². The van der Waals surface area contributed by atoms with E-state index in [2.05, 4.69) is 15.4 Å². The van der Waals surface area contributed by atoms with Crippen LogP contribution < -0.4 is 5.32 Å². The molecule has 2 aromatic heterocycles. The van der Waals surface area contributed by atoms with Gasteiger partial charge >= 0.3 is 0 Å². The Labute approximate surface area is 132 Å². The van der Waals surface area contributed by atoms with Gasteiger partial charge in [0, 0.05) is 30.7 Å². The third-order valence-corrected chi connectivity index (χ3v) is 4.89. The van der Waals surface area contributed by atoms with E-state index in [-0.39, 0.29) is 5.91 Å². The largest absolute Gasteiger partial charge is 0.351 e. The van der Waals surface area contributed by atoms with E-state index in [0.29, 0.717) is 18.8 Å². The van der Waals surface area contributed by atoms with Crippen molar-refractivity contribution in [2.45, 2.75) is 24.2 Å². The van der Waals surface area contributed by atoms with Crippen LogP contribution in [0.2, 0.25) is 0 Å². The molecule has 1 amide bonds. The fourth-order valence-electron chi connectivity index (χ4n) is 2.19. The zero-order chi connectivity index (χ0) is 15.1. The highest BCUT2D eigenvalue weighted by Crippen LogP contribution is 2.63. The average Bonchev–Trinajstić information content (AvgIpc) is 2.87. The second kappa shape index (κ2) is 5.00. The summed E-state index contributed by atoms with van der Waals surface area (Å²) >= 11 is 12.0. The van der Waals surface area contributed by atoms with Crippen molar-refractivity contribution in [3.05, 3.63) is 42.4 Å². The molecule has 0 bridgehead atoms. The average molecular weight is 325 g/mol. The SMILES string of the molecule is C[C@]1(C(=O)NCc2cccnc2-n2cccn2)CC1(Cl)Cl. The smallest absolute Gasteiger partial charge is 0.229 e. The summed E-state index contributed by atoms with van der Waals surface area (Å²) in [6, 6.07) is 5.53. The van der Waals surface area contributed by atoms with Crippen LogP contribution in [0.3, 0.4) is 0 Å². The van der Waals surface area contributed by atoms with Crippen LogP contribution >= 0.6 is 23.2 Å². The van der Waals surface area contributed by atoms with Crippen molar-refractivity contribution >= 4 is 29.1 Å². The number of hydrogen-bond acceptors (Lipinski definition) is 3. The number of hydrogen-bond donors (Lipinski definition) is 1. The molecular weight excluding hydrogens is 311 g/mol. The van der Waals surface area contributed by atoms with E-state index in [0.717, 1.165) is 5.56 Å². The molecule has 1 aliphatic rings. The first kappa shape index (κ1) is 14.4. The van der Waals surface area contributed by atoms with Gasteiger partial charge in [0.2, 0.25) is 5.91 Å². The Bertz CT molecular complexity index is 671. The second-order valence-electron chi connectivity index (χ2n) is 5.33. The normalized spacial score (nSPS) is 22.8. The molecule has 7 heteroatoms. The number of nitrogens with zero attached hydrogens (tertiary/aromatic N) is 3. The Kier molecular flexibility index (Phi) is 3.42. The second-order valence-corrected chi connectivity index (χ2v) is 6.82. The molecule has 110 valence electrons. The van der Waals surface area contributed by atoms with E-state index in [1.165, 1.54) is 0 Å². The monoisotopic (exact) mass is 324 g/mol. The first-order valence-corrected chi connectivity index (χ1v) is 7.30. The Morgan fingerprint density at radius 1 is 1.43 bits per heavy atom. The summed E-state index contributed by atoms with van der Waals surface area (Å²) < 4.78 is 0.699. The quantitative estimate of drug-likeness (QED) is 0.879. The summed E-state index contributed by atoms with van der Waals surface area (Å²) in [7, 11) is 0. The maximum absolute atomic E-state index is 12.2. The molecule has 21 heavy (non-hydrogen) atoms. The van der Waals surface area contributed by atoms with Crippen LogP contribution in [-0.4, -0.2) is 25.0 Å². The highest BCUT2D eigenvalue weighted by molar-refractivity contribution is 6.53. The number of amides is 1. The first-order chi connectivity index (χ1) is 9.94. The zero-order valence-electron chi connectivity index (χ0n) is 11.4. The Morgan fingerprint density at radius 3 is 2.81 bits per heavy atom. The minimum Gasteiger partial charge on any atom is -0.351 e. The van der Waals surface area contributed by atoms with Crippen LogP contribution in [-0.2, 0) is 11.3 Å². The van der Waals surface area contributed by atoms with Crippen molar-refractivity contribution in [2.75, 3.05) is 0 Å². The van der Waals surface area contributed by atoms with Crippen LogP contribution in [0.1, 0.15) is 18.9 Å². The van der Waals surface area contributed by atoms with Gasteiger partial charge in [-0.05, 0) is 25.5 Å². The fraction of sp³-hybridized carbons (Fsp3) is 0.357. The molecule has 2 aromatic rings. The van der Waals surface area contributed by atoms with Gasteiger partial charge in [0.05, 0.1) is 5.41 Å². The van der Waals surface area contributed by atoms with Crippen LogP contribution in [0, 0.1) is 5.41 Å². The van der Waals surface area contributed by atoms with Crippen molar-refractivity contribution in [3.8, 4) is 5.82 Å². The molecule has 2 heterocycles. The minimum atomic E-state index is -0.961. The molecule has 5 nitrogen and oxygen atoms in total. The number of nitrogens with one attached hydrogen (secondary N) is 1. The molecule has 0 spiro atoms. The van der Waals surface area contributed by atoms with Crippen molar-refractivity contribution in [2.24, 2.45) is 5.41 Å². The summed E-state index contributed by atoms with van der Waals surface area (Å²) in [6.45, 7) is 2.11. The summed E-state index contributed by atoms with van der Waals surface area (Å²) in [5.74, 6) is 0.537. The van der Waals surface area contributed by atoms with Crippen LogP contribution in [0.25, 0.3) is 5.82 Å². The van der Waals surface area contributed by atoms with Gasteiger partial charge in [0.25, 0.3) is 0 Å². The minimum absolute atomic E-state index is 0.150. The predicted molar refractivity (Wildman–Crippen MR) is 80.4 cm³/mol. The highest BCUT2D eigenvalue weighted by atomic mass is 35.5. The lowest BCUT2D eigenvalue weighted by atomic mass is 10.1. The Balaban J connectivity index is 1.74. The van der Waals surface area contributed by atoms with E-state index in [4.69, 9.17) is 23.2 Å². The van der Waals surface area contributed by atoms with Gasteiger partial charge in [-0.3, -0.25) is 4.79 Å². The van der Waals surface area contributed by atoms with Gasteiger partial charge in [0.15, 0.2) is 5.82 Å². The number of rotatable bonds is 4. The van der Waals surface area contributed by atoms with Crippen molar-refractivity contribution in [3.63, 3.8) is 0 Å². The molecule has 3 rings (SSSR count). The number of carbonyl (C=O) groups is 1. The van der Waals surface area contributed by atoms with Crippen molar-refractivity contribution in [1.29, 1.82) is 0 Å². The Hall–Kier alpha value is -1.59. The van der Waals surface area contributed by atoms with Gasteiger partial charge in [-0.25, -0.2) is 9.67 Å². The highest BCUT2D eigenvalue weighted by Gasteiger charge is 2.67. The molecular formula is C14H14Cl2N4O. The number of alkyl halides is 2. The zero-order valence-corrected chi connectivity index (χ0v) is 12.9.